The van der Waals surface area contributed by atoms with E-state index in [2.05, 4.69) is 10.1 Å². The van der Waals surface area contributed by atoms with Gasteiger partial charge in [-0.2, -0.15) is 0 Å². The van der Waals surface area contributed by atoms with E-state index < -0.39 is 23.9 Å². The van der Waals surface area contributed by atoms with Gasteiger partial charge in [0.2, 0.25) is 0 Å². The Kier molecular flexibility index (Phi) is 6.75. The zero-order chi connectivity index (χ0) is 17.6. The Balaban J connectivity index is 2.94. The van der Waals surface area contributed by atoms with Crippen LogP contribution in [-0.2, 0) is 19.1 Å². The number of amides is 1. The van der Waals surface area contributed by atoms with Crippen LogP contribution in [0.3, 0.4) is 0 Å². The zero-order valence-corrected chi connectivity index (χ0v) is 14.1. The van der Waals surface area contributed by atoms with Gasteiger partial charge in [0.05, 0.1) is 20.6 Å². The Hall–Kier alpha value is -2.37. The number of carbonyl (C=O) groups is 3. The minimum atomic E-state index is -0.924. The van der Waals surface area contributed by atoms with Gasteiger partial charge in [-0.3, -0.25) is 9.59 Å². The van der Waals surface area contributed by atoms with E-state index in [-0.39, 0.29) is 12.3 Å². The number of hydrogen-bond donors (Lipinski definition) is 1. The molecule has 0 saturated heterocycles. The Morgan fingerprint density at radius 1 is 1.04 bits per heavy atom. The first kappa shape index (κ1) is 18.7. The molecule has 126 valence electrons. The molecule has 0 bridgehead atoms. The molecular formula is C17H23NO5. The van der Waals surface area contributed by atoms with E-state index in [1.807, 2.05) is 19.9 Å². The molecule has 0 heterocycles. The number of ether oxygens (including phenoxy) is 2. The van der Waals surface area contributed by atoms with Crippen molar-refractivity contribution < 1.29 is 23.9 Å². The monoisotopic (exact) mass is 321 g/mol. The highest BCUT2D eigenvalue weighted by molar-refractivity contribution is 5.97. The van der Waals surface area contributed by atoms with Gasteiger partial charge in [-0.05, 0) is 31.9 Å². The van der Waals surface area contributed by atoms with E-state index in [0.29, 0.717) is 5.56 Å². The molecule has 1 aromatic carbocycles. The number of rotatable bonds is 6. The van der Waals surface area contributed by atoms with Crippen LogP contribution in [0.25, 0.3) is 0 Å². The highest BCUT2D eigenvalue weighted by atomic mass is 16.5. The third-order valence-corrected chi connectivity index (χ3v) is 3.51. The number of carbonyl (C=O) groups excluding carboxylic acids is 3. The fraction of sp³-hybridized carbons (Fsp3) is 0.471. The maximum absolute atomic E-state index is 12.4. The lowest BCUT2D eigenvalue weighted by Crippen LogP contribution is -2.46. The van der Waals surface area contributed by atoms with E-state index in [0.717, 1.165) is 11.1 Å². The second-order valence-electron chi connectivity index (χ2n) is 5.61. The minimum Gasteiger partial charge on any atom is -0.469 e. The van der Waals surface area contributed by atoms with Gasteiger partial charge in [-0.1, -0.05) is 24.1 Å². The quantitative estimate of drug-likeness (QED) is 0.808. The summed E-state index contributed by atoms with van der Waals surface area (Å²) in [5.41, 5.74) is 2.36. The zero-order valence-electron chi connectivity index (χ0n) is 14.1. The third kappa shape index (κ3) is 5.39. The van der Waals surface area contributed by atoms with Crippen LogP contribution in [0.2, 0.25) is 0 Å². The van der Waals surface area contributed by atoms with Crippen molar-refractivity contribution in [2.75, 3.05) is 14.2 Å². The first-order valence-electron chi connectivity index (χ1n) is 7.32. The summed E-state index contributed by atoms with van der Waals surface area (Å²) in [6.07, 6.45) is 0.00336. The molecule has 23 heavy (non-hydrogen) atoms. The molecule has 1 rings (SSSR count). The molecular weight excluding hydrogens is 298 g/mol. The van der Waals surface area contributed by atoms with Crippen LogP contribution in [0.15, 0.2) is 18.2 Å². The predicted octanol–water partition coefficient (Wildman–Crippen LogP) is 1.77. The summed E-state index contributed by atoms with van der Waals surface area (Å²) >= 11 is 0. The standard InChI is InChI=1S/C17H23NO5/c1-10-6-11(2)8-13(7-10)16(20)18-15(17(21)23-5)12(3)9-14(19)22-4/h6-8,12,15H,9H2,1-5H3,(H,18,20)/t12-,15-/m1/s1. The van der Waals surface area contributed by atoms with E-state index >= 15 is 0 Å². The molecule has 0 aliphatic carbocycles. The predicted molar refractivity (Wildman–Crippen MR) is 85.0 cm³/mol. The van der Waals surface area contributed by atoms with Gasteiger partial charge in [-0.25, -0.2) is 4.79 Å². The molecule has 0 aliphatic rings. The summed E-state index contributed by atoms with van der Waals surface area (Å²) in [6, 6.07) is 4.50. The molecule has 0 saturated carbocycles. The van der Waals surface area contributed by atoms with E-state index in [1.165, 1.54) is 14.2 Å². The number of esters is 2. The van der Waals surface area contributed by atoms with Crippen LogP contribution in [0, 0.1) is 19.8 Å². The molecule has 0 aliphatic heterocycles. The molecule has 0 aromatic heterocycles. The summed E-state index contributed by atoms with van der Waals surface area (Å²) in [5.74, 6) is -1.89. The van der Waals surface area contributed by atoms with E-state index in [9.17, 15) is 14.4 Å². The van der Waals surface area contributed by atoms with Crippen LogP contribution < -0.4 is 5.32 Å². The van der Waals surface area contributed by atoms with Crippen LogP contribution in [-0.4, -0.2) is 38.1 Å². The number of hydrogen-bond acceptors (Lipinski definition) is 5. The van der Waals surface area contributed by atoms with Crippen LogP contribution >= 0.6 is 0 Å². The molecule has 0 unspecified atom stereocenters. The lowest BCUT2D eigenvalue weighted by Gasteiger charge is -2.22. The van der Waals surface area contributed by atoms with Crippen molar-refractivity contribution in [3.63, 3.8) is 0 Å². The largest absolute Gasteiger partial charge is 0.469 e. The lowest BCUT2D eigenvalue weighted by molar-refractivity contribution is -0.146. The lowest BCUT2D eigenvalue weighted by atomic mass is 9.97. The van der Waals surface area contributed by atoms with Gasteiger partial charge in [0, 0.05) is 5.56 Å². The first-order chi connectivity index (χ1) is 10.8. The molecule has 0 radical (unpaired) electrons. The van der Waals surface area contributed by atoms with Crippen LogP contribution in [0.5, 0.6) is 0 Å². The summed E-state index contributed by atoms with van der Waals surface area (Å²) in [7, 11) is 2.51. The van der Waals surface area contributed by atoms with Gasteiger partial charge in [-0.15, -0.1) is 0 Å². The Labute approximate surface area is 136 Å². The van der Waals surface area contributed by atoms with E-state index in [1.54, 1.807) is 19.1 Å². The highest BCUT2D eigenvalue weighted by Gasteiger charge is 2.30. The average molecular weight is 321 g/mol. The van der Waals surface area contributed by atoms with Crippen molar-refractivity contribution in [1.82, 2.24) is 5.32 Å². The summed E-state index contributed by atoms with van der Waals surface area (Å²) in [4.78, 5) is 35.7. The SMILES string of the molecule is COC(=O)C[C@@H](C)[C@@H](NC(=O)c1cc(C)cc(C)c1)C(=O)OC. The molecule has 0 spiro atoms. The maximum atomic E-state index is 12.4. The van der Waals surface area contributed by atoms with Crippen LogP contribution in [0.1, 0.15) is 34.8 Å². The van der Waals surface area contributed by atoms with Crippen molar-refractivity contribution in [2.45, 2.75) is 33.2 Å². The topological polar surface area (TPSA) is 81.7 Å². The molecule has 1 amide bonds. The Morgan fingerprint density at radius 2 is 1.61 bits per heavy atom. The van der Waals surface area contributed by atoms with Crippen molar-refractivity contribution >= 4 is 17.8 Å². The second-order valence-corrected chi connectivity index (χ2v) is 5.61. The Morgan fingerprint density at radius 3 is 2.09 bits per heavy atom. The third-order valence-electron chi connectivity index (χ3n) is 3.51. The normalized spacial score (nSPS) is 12.9. The summed E-state index contributed by atoms with van der Waals surface area (Å²) in [5, 5.41) is 2.65. The van der Waals surface area contributed by atoms with Crippen molar-refractivity contribution in [3.05, 3.63) is 34.9 Å². The Bertz CT molecular complexity index is 576. The molecule has 0 fully saturated rings. The molecule has 1 N–H and O–H groups in total. The molecule has 1 aromatic rings. The second kappa shape index (κ2) is 8.31. The number of benzene rings is 1. The number of nitrogens with one attached hydrogen (secondary N) is 1. The maximum Gasteiger partial charge on any atom is 0.328 e. The van der Waals surface area contributed by atoms with Crippen LogP contribution in [0.4, 0.5) is 0 Å². The van der Waals surface area contributed by atoms with Crippen molar-refractivity contribution in [1.29, 1.82) is 0 Å². The first-order valence-corrected chi connectivity index (χ1v) is 7.32. The molecule has 2 atom stereocenters. The minimum absolute atomic E-state index is 0.00336. The number of aryl methyl sites for hydroxylation is 2. The molecule has 6 heteroatoms. The van der Waals surface area contributed by atoms with Gasteiger partial charge in [0.15, 0.2) is 0 Å². The summed E-state index contributed by atoms with van der Waals surface area (Å²) in [6.45, 7) is 5.46. The number of methoxy groups -OCH3 is 2. The average Bonchev–Trinajstić information content (AvgIpc) is 2.50. The highest BCUT2D eigenvalue weighted by Crippen LogP contribution is 2.14. The van der Waals surface area contributed by atoms with Gasteiger partial charge < -0.3 is 14.8 Å². The van der Waals surface area contributed by atoms with Gasteiger partial charge in [0.1, 0.15) is 6.04 Å². The fourth-order valence-electron chi connectivity index (χ4n) is 2.35. The van der Waals surface area contributed by atoms with E-state index in [4.69, 9.17) is 4.74 Å². The smallest absolute Gasteiger partial charge is 0.328 e. The summed E-state index contributed by atoms with van der Waals surface area (Å²) < 4.78 is 9.33. The van der Waals surface area contributed by atoms with Gasteiger partial charge >= 0.3 is 11.9 Å². The fourth-order valence-corrected chi connectivity index (χ4v) is 2.35. The van der Waals surface area contributed by atoms with Gasteiger partial charge in [0.25, 0.3) is 5.91 Å². The molecule has 6 nitrogen and oxygen atoms in total. The van der Waals surface area contributed by atoms with Crippen molar-refractivity contribution in [3.8, 4) is 0 Å². The van der Waals surface area contributed by atoms with Crippen molar-refractivity contribution in [2.24, 2.45) is 5.92 Å².